The van der Waals surface area contributed by atoms with Crippen LogP contribution >= 0.6 is 0 Å². The van der Waals surface area contributed by atoms with Crippen LogP contribution in [0.5, 0.6) is 0 Å². The molecule has 1 aliphatic heterocycles. The summed E-state index contributed by atoms with van der Waals surface area (Å²) in [5.74, 6) is 0.324. The van der Waals surface area contributed by atoms with E-state index in [2.05, 4.69) is 11.9 Å². The molecule has 17 heavy (non-hydrogen) atoms. The molecule has 1 aliphatic carbocycles. The first-order chi connectivity index (χ1) is 8.15. The Morgan fingerprint density at radius 2 is 1.94 bits per heavy atom. The highest BCUT2D eigenvalue weighted by atomic mass is 16.2. The van der Waals surface area contributed by atoms with Crippen molar-refractivity contribution in [3.63, 3.8) is 0 Å². The second kappa shape index (κ2) is 5.36. The molecule has 0 spiro atoms. The summed E-state index contributed by atoms with van der Waals surface area (Å²) in [6, 6.07) is 0. The van der Waals surface area contributed by atoms with Gasteiger partial charge in [0.1, 0.15) is 0 Å². The van der Waals surface area contributed by atoms with Gasteiger partial charge >= 0.3 is 0 Å². The van der Waals surface area contributed by atoms with E-state index in [0.717, 1.165) is 45.4 Å². The van der Waals surface area contributed by atoms with Gasteiger partial charge in [-0.15, -0.1) is 0 Å². The second-order valence-electron chi connectivity index (χ2n) is 5.77. The highest BCUT2D eigenvalue weighted by molar-refractivity contribution is 5.77. The van der Waals surface area contributed by atoms with Crippen LogP contribution in [0.25, 0.3) is 0 Å². The summed E-state index contributed by atoms with van der Waals surface area (Å²) in [6.07, 6.45) is 5.30. The zero-order chi connectivity index (χ0) is 12.3. The van der Waals surface area contributed by atoms with E-state index in [1.807, 2.05) is 4.90 Å². The molecule has 0 aromatic carbocycles. The summed E-state index contributed by atoms with van der Waals surface area (Å²) >= 11 is 0. The van der Waals surface area contributed by atoms with Gasteiger partial charge < -0.3 is 15.5 Å². The summed E-state index contributed by atoms with van der Waals surface area (Å²) < 4.78 is 0. The normalized spacial score (nSPS) is 25.2. The van der Waals surface area contributed by atoms with Gasteiger partial charge in [-0.2, -0.15) is 0 Å². The summed E-state index contributed by atoms with van der Waals surface area (Å²) in [5, 5.41) is 0. The molecule has 1 saturated carbocycles. The maximum atomic E-state index is 12.3. The van der Waals surface area contributed by atoms with E-state index in [9.17, 15) is 4.79 Å². The average Bonchev–Trinajstić information content (AvgIpc) is 2.48. The number of amides is 1. The smallest absolute Gasteiger partial charge is 0.223 e. The van der Waals surface area contributed by atoms with Gasteiger partial charge in [0.05, 0.1) is 0 Å². The topological polar surface area (TPSA) is 49.6 Å². The molecule has 1 amide bonds. The number of rotatable bonds is 3. The van der Waals surface area contributed by atoms with Gasteiger partial charge in [-0.1, -0.05) is 6.42 Å². The molecule has 0 bridgehead atoms. The van der Waals surface area contributed by atoms with Crippen molar-refractivity contribution < 1.29 is 4.79 Å². The lowest BCUT2D eigenvalue weighted by Gasteiger charge is -2.41. The number of hydrogen-bond acceptors (Lipinski definition) is 3. The van der Waals surface area contributed by atoms with Crippen molar-refractivity contribution in [2.24, 2.45) is 11.1 Å². The molecule has 98 valence electrons. The number of carbonyl (C=O) groups excluding carboxylic acids is 1. The molecule has 1 heterocycles. The fourth-order valence-electron chi connectivity index (χ4n) is 2.86. The predicted octanol–water partition coefficient (Wildman–Crippen LogP) is 0.670. The van der Waals surface area contributed by atoms with E-state index in [4.69, 9.17) is 5.73 Å². The molecule has 0 unspecified atom stereocenters. The highest BCUT2D eigenvalue weighted by Gasteiger charge is 2.38. The molecule has 0 aromatic heterocycles. The van der Waals surface area contributed by atoms with E-state index in [-0.39, 0.29) is 5.41 Å². The number of hydrogen-bond donors (Lipinski definition) is 1. The standard InChI is InChI=1S/C13H25N3O/c1-15-6-3-7-16(9-8-15)12(17)10-13(11-14)4-2-5-13/h2-11,14H2,1H3. The third-order valence-corrected chi connectivity index (χ3v) is 4.45. The third-order valence-electron chi connectivity index (χ3n) is 4.45. The van der Waals surface area contributed by atoms with Crippen LogP contribution < -0.4 is 5.73 Å². The van der Waals surface area contributed by atoms with Crippen molar-refractivity contribution in [1.82, 2.24) is 9.80 Å². The van der Waals surface area contributed by atoms with Crippen molar-refractivity contribution >= 4 is 5.91 Å². The lowest BCUT2D eigenvalue weighted by Crippen LogP contribution is -2.44. The molecule has 0 atom stereocenters. The first-order valence-electron chi connectivity index (χ1n) is 6.82. The van der Waals surface area contributed by atoms with Gasteiger partial charge in [0.25, 0.3) is 0 Å². The minimum Gasteiger partial charge on any atom is -0.341 e. The summed E-state index contributed by atoms with van der Waals surface area (Å²) in [6.45, 7) is 4.58. The molecule has 1 saturated heterocycles. The van der Waals surface area contributed by atoms with Gasteiger partial charge in [0.15, 0.2) is 0 Å². The number of carbonyl (C=O) groups is 1. The van der Waals surface area contributed by atoms with Gasteiger partial charge in [-0.3, -0.25) is 4.79 Å². The quantitative estimate of drug-likeness (QED) is 0.787. The van der Waals surface area contributed by atoms with Crippen molar-refractivity contribution in [1.29, 1.82) is 0 Å². The summed E-state index contributed by atoms with van der Waals surface area (Å²) in [5.41, 5.74) is 5.97. The zero-order valence-corrected chi connectivity index (χ0v) is 11.0. The van der Waals surface area contributed by atoms with Crippen LogP contribution in [0, 0.1) is 5.41 Å². The van der Waals surface area contributed by atoms with Gasteiger partial charge in [0.2, 0.25) is 5.91 Å². The van der Waals surface area contributed by atoms with E-state index in [1.165, 1.54) is 6.42 Å². The fourth-order valence-corrected chi connectivity index (χ4v) is 2.86. The molecular formula is C13H25N3O. The largest absolute Gasteiger partial charge is 0.341 e. The van der Waals surface area contributed by atoms with Crippen LogP contribution in [0.3, 0.4) is 0 Å². The monoisotopic (exact) mass is 239 g/mol. The first-order valence-corrected chi connectivity index (χ1v) is 6.82. The van der Waals surface area contributed by atoms with Crippen molar-refractivity contribution in [2.75, 3.05) is 39.8 Å². The van der Waals surface area contributed by atoms with E-state index >= 15 is 0 Å². The van der Waals surface area contributed by atoms with Gasteiger partial charge in [-0.25, -0.2) is 0 Å². The van der Waals surface area contributed by atoms with Crippen LogP contribution in [0.1, 0.15) is 32.1 Å². The summed E-state index contributed by atoms with van der Waals surface area (Å²) in [4.78, 5) is 16.6. The van der Waals surface area contributed by atoms with Crippen LogP contribution in [-0.2, 0) is 4.79 Å². The molecule has 2 N–H and O–H groups in total. The molecule has 2 rings (SSSR count). The number of nitrogens with zero attached hydrogens (tertiary/aromatic N) is 2. The van der Waals surface area contributed by atoms with Crippen molar-refractivity contribution in [3.05, 3.63) is 0 Å². The number of likely N-dealkylation sites (N-methyl/N-ethyl adjacent to an activating group) is 1. The Kier molecular flexibility index (Phi) is 4.05. The van der Waals surface area contributed by atoms with E-state index < -0.39 is 0 Å². The van der Waals surface area contributed by atoms with Crippen LogP contribution in [-0.4, -0.2) is 55.5 Å². The second-order valence-corrected chi connectivity index (χ2v) is 5.77. The molecule has 2 fully saturated rings. The Morgan fingerprint density at radius 3 is 2.53 bits per heavy atom. The Morgan fingerprint density at radius 1 is 1.18 bits per heavy atom. The Balaban J connectivity index is 1.86. The molecular weight excluding hydrogens is 214 g/mol. The lowest BCUT2D eigenvalue weighted by atomic mass is 9.66. The fraction of sp³-hybridized carbons (Fsp3) is 0.923. The minimum absolute atomic E-state index is 0.148. The molecule has 0 aromatic rings. The molecule has 4 heteroatoms. The average molecular weight is 239 g/mol. The molecule has 4 nitrogen and oxygen atoms in total. The Hall–Kier alpha value is -0.610. The highest BCUT2D eigenvalue weighted by Crippen LogP contribution is 2.43. The third kappa shape index (κ3) is 2.99. The SMILES string of the molecule is CN1CCCN(C(=O)CC2(CN)CCC2)CC1. The minimum atomic E-state index is 0.148. The van der Waals surface area contributed by atoms with Crippen LogP contribution in [0.2, 0.25) is 0 Å². The lowest BCUT2D eigenvalue weighted by molar-refractivity contribution is -0.135. The Bertz CT molecular complexity index is 270. The predicted molar refractivity (Wildman–Crippen MR) is 68.6 cm³/mol. The van der Waals surface area contributed by atoms with Crippen LogP contribution in [0.15, 0.2) is 0 Å². The van der Waals surface area contributed by atoms with Gasteiger partial charge in [0, 0.05) is 26.1 Å². The van der Waals surface area contributed by atoms with Crippen molar-refractivity contribution in [2.45, 2.75) is 32.1 Å². The number of nitrogens with two attached hydrogens (primary N) is 1. The molecule has 0 radical (unpaired) electrons. The first kappa shape index (κ1) is 12.8. The zero-order valence-electron chi connectivity index (χ0n) is 11.0. The van der Waals surface area contributed by atoms with E-state index in [1.54, 1.807) is 0 Å². The van der Waals surface area contributed by atoms with Gasteiger partial charge in [-0.05, 0) is 44.8 Å². The van der Waals surface area contributed by atoms with Crippen LogP contribution in [0.4, 0.5) is 0 Å². The van der Waals surface area contributed by atoms with E-state index in [0.29, 0.717) is 18.9 Å². The Labute approximate surface area is 104 Å². The maximum Gasteiger partial charge on any atom is 0.223 e. The maximum absolute atomic E-state index is 12.3. The van der Waals surface area contributed by atoms with Crippen molar-refractivity contribution in [3.8, 4) is 0 Å². The summed E-state index contributed by atoms with van der Waals surface area (Å²) in [7, 11) is 2.13. The molecule has 2 aliphatic rings.